The quantitative estimate of drug-likeness (QED) is 0.0899. The minimum absolute atomic E-state index is 1.01. The number of benzene rings is 8. The minimum atomic E-state index is -2.64. The zero-order chi connectivity index (χ0) is 37.5. The first-order chi connectivity index (χ1) is 27.1. The van der Waals surface area contributed by atoms with Crippen molar-refractivity contribution in [1.29, 1.82) is 0 Å². The van der Waals surface area contributed by atoms with Gasteiger partial charge >= 0.3 is 339 Å². The molecule has 0 amide bonds. The Labute approximate surface area is 336 Å². The fraction of sp³-hybridized carbons (Fsp3) is 0.0200. The van der Waals surface area contributed by atoms with Gasteiger partial charge in [-0.25, -0.2) is 0 Å². The van der Waals surface area contributed by atoms with Crippen molar-refractivity contribution in [1.82, 2.24) is 0 Å². The van der Waals surface area contributed by atoms with Gasteiger partial charge in [0.05, 0.1) is 0 Å². The predicted molar refractivity (Wildman–Crippen MR) is 251 cm³/mol. The monoisotopic (exact) mass is 846 g/mol. The summed E-state index contributed by atoms with van der Waals surface area (Å²) in [5.41, 5.74) is 2.58. The van der Waals surface area contributed by atoms with Gasteiger partial charge < -0.3 is 0 Å². The molecule has 55 heavy (non-hydrogen) atoms. The number of aryl methyl sites for hydroxylation is 1. The van der Waals surface area contributed by atoms with Gasteiger partial charge in [-0.1, -0.05) is 0 Å². The van der Waals surface area contributed by atoms with Gasteiger partial charge in [-0.15, -0.1) is 0 Å². The molecule has 0 unspecified atom stereocenters. The van der Waals surface area contributed by atoms with Crippen molar-refractivity contribution in [3.05, 3.63) is 248 Å². The van der Waals surface area contributed by atoms with Crippen LogP contribution in [0.3, 0.4) is 0 Å². The summed E-state index contributed by atoms with van der Waals surface area (Å²) in [6, 6.07) is 89.7. The van der Waals surface area contributed by atoms with Gasteiger partial charge in [-0.3, -0.25) is 0 Å². The predicted octanol–water partition coefficient (Wildman–Crippen LogP) is 10.7. The zero-order valence-electron chi connectivity index (χ0n) is 30.7. The summed E-state index contributed by atoms with van der Waals surface area (Å²) in [6.45, 7) is -0.436. The summed E-state index contributed by atoms with van der Waals surface area (Å²) < 4.78 is 0. The van der Waals surface area contributed by atoms with E-state index < -0.39 is 27.0 Å². The standard InChI is InChI=1S/C50H42P4Se/c1-41-37-39-42(40-38-41)50(53(47-31-17-6-18-32-47,48-33-19-7-20-34-48)49-35-21-8-22-36-49)54(55,51(43-23-9-2-10-24-43)44-25-11-3-12-26-44)52(45-27-13-4-14-28-45)46-29-15-5-16-30-46/h2-40H,1H3. The summed E-state index contributed by atoms with van der Waals surface area (Å²) in [4.78, 5) is -2.57. The molecule has 8 aromatic carbocycles. The Morgan fingerprint density at radius 1 is 0.345 bits per heavy atom. The van der Waals surface area contributed by atoms with E-state index >= 15 is 0 Å². The van der Waals surface area contributed by atoms with Crippen molar-refractivity contribution in [2.45, 2.75) is 6.92 Å². The van der Waals surface area contributed by atoms with Crippen LogP contribution >= 0.6 is 27.0 Å². The van der Waals surface area contributed by atoms with E-state index in [1.54, 1.807) is 5.03 Å². The topological polar surface area (TPSA) is 0 Å². The Morgan fingerprint density at radius 3 is 0.873 bits per heavy atom. The average molecular weight is 846 g/mol. The van der Waals surface area contributed by atoms with Crippen molar-refractivity contribution in [2.75, 3.05) is 0 Å². The van der Waals surface area contributed by atoms with Crippen molar-refractivity contribution < 1.29 is 0 Å². The molecule has 0 spiro atoms. The van der Waals surface area contributed by atoms with Crippen LogP contribution in [0.1, 0.15) is 11.1 Å². The number of hydrogen-bond acceptors (Lipinski definition) is 0. The van der Waals surface area contributed by atoms with Crippen LogP contribution in [0.2, 0.25) is 0 Å². The third-order valence-corrected chi connectivity index (χ3v) is 40.5. The summed E-state index contributed by atoms with van der Waals surface area (Å²) in [5.74, 6) is 0. The summed E-state index contributed by atoms with van der Waals surface area (Å²) in [6.07, 6.45) is 0. The summed E-state index contributed by atoms with van der Waals surface area (Å²) in [7, 11) is -2.03. The third kappa shape index (κ3) is 7.45. The molecule has 0 saturated heterocycles. The van der Waals surface area contributed by atoms with Crippen molar-refractivity contribution in [2.24, 2.45) is 0 Å². The molecule has 0 fully saturated rings. The Hall–Kier alpha value is -4.13. The van der Waals surface area contributed by atoms with Gasteiger partial charge in [0.1, 0.15) is 0 Å². The van der Waals surface area contributed by atoms with E-state index in [0.717, 1.165) is 0 Å². The van der Waals surface area contributed by atoms with Crippen LogP contribution in [-0.2, 0) is 0 Å². The van der Waals surface area contributed by atoms with Crippen molar-refractivity contribution in [3.8, 4) is 0 Å². The Bertz CT molecular complexity index is 2280. The normalized spacial score (nSPS) is 11.8. The van der Waals surface area contributed by atoms with E-state index in [4.69, 9.17) is 0 Å². The molecule has 0 aliphatic heterocycles. The number of hydrogen-bond donors (Lipinski definition) is 0. The molecular formula is C50H42P4Se. The van der Waals surface area contributed by atoms with Gasteiger partial charge in [-0.2, -0.15) is 0 Å². The molecule has 8 rings (SSSR count). The van der Waals surface area contributed by atoms with Crippen LogP contribution in [0.5, 0.6) is 0 Å². The van der Waals surface area contributed by atoms with Crippen LogP contribution in [0.25, 0.3) is 0 Å². The summed E-state index contributed by atoms with van der Waals surface area (Å²) >= 11 is 4.37. The average Bonchev–Trinajstić information content (AvgIpc) is 3.26. The zero-order valence-corrected chi connectivity index (χ0v) is 36.0. The first-order valence-corrected chi connectivity index (χ1v) is 28.4. The molecule has 0 saturated carbocycles. The van der Waals surface area contributed by atoms with Crippen LogP contribution in [0.15, 0.2) is 237 Å². The maximum absolute atomic E-state index is 4.37. The molecule has 0 N–H and O–H groups in total. The molecule has 8 aromatic rings. The first-order valence-electron chi connectivity index (χ1n) is 18.5. The van der Waals surface area contributed by atoms with E-state index in [2.05, 4.69) is 259 Å². The fourth-order valence-electron chi connectivity index (χ4n) is 7.51. The molecule has 5 heteroatoms. The Balaban J connectivity index is 1.72. The second-order valence-electron chi connectivity index (χ2n) is 13.4. The Kier molecular flexibility index (Phi) is 11.9. The van der Waals surface area contributed by atoms with Gasteiger partial charge in [0.15, 0.2) is 0 Å². The van der Waals surface area contributed by atoms with E-state index in [9.17, 15) is 0 Å². The molecule has 268 valence electrons. The molecule has 0 aliphatic rings. The van der Waals surface area contributed by atoms with Gasteiger partial charge in [-0.05, 0) is 0 Å². The van der Waals surface area contributed by atoms with E-state index in [1.807, 2.05) is 0 Å². The molecule has 0 radical (unpaired) electrons. The van der Waals surface area contributed by atoms with Crippen LogP contribution in [0, 0.1) is 6.92 Å². The molecule has 0 bridgehead atoms. The van der Waals surface area contributed by atoms with E-state index in [0.29, 0.717) is 0 Å². The SMILES string of the molecule is Cc1ccc(C(P(=[Se])(P(c2ccccc2)c2ccccc2)P(c2ccccc2)c2ccccc2)=P(c2ccccc2)(c2ccccc2)c2ccccc2)cc1. The summed E-state index contributed by atoms with van der Waals surface area (Å²) in [5, 5.41) is 11.3. The molecule has 0 heterocycles. The van der Waals surface area contributed by atoms with Crippen molar-refractivity contribution in [3.63, 3.8) is 0 Å². The number of rotatable bonds is 11. The molecule has 0 nitrogen and oxygen atoms in total. The van der Waals surface area contributed by atoms with E-state index in [-0.39, 0.29) is 0 Å². The third-order valence-electron chi connectivity index (χ3n) is 9.88. The first kappa shape index (κ1) is 37.8. The molecule has 0 aromatic heterocycles. The molecule has 0 aliphatic carbocycles. The van der Waals surface area contributed by atoms with Crippen LogP contribution in [-0.4, -0.2) is 20.1 Å². The maximum atomic E-state index is 4.37. The molecule has 0 atom stereocenters. The second kappa shape index (κ2) is 17.3. The molecular weight excluding hydrogens is 803 g/mol. The van der Waals surface area contributed by atoms with Gasteiger partial charge in [0.25, 0.3) is 0 Å². The fourth-order valence-corrected chi connectivity index (χ4v) is 46.0. The second-order valence-corrected chi connectivity index (χ2v) is 36.0. The van der Waals surface area contributed by atoms with Crippen molar-refractivity contribution >= 4 is 84.3 Å². The van der Waals surface area contributed by atoms with Gasteiger partial charge in [0.2, 0.25) is 0 Å². The Morgan fingerprint density at radius 2 is 0.600 bits per heavy atom. The van der Waals surface area contributed by atoms with Gasteiger partial charge in [0, 0.05) is 0 Å². The van der Waals surface area contributed by atoms with E-state index in [1.165, 1.54) is 48.3 Å². The van der Waals surface area contributed by atoms with Crippen LogP contribution in [0.4, 0.5) is 0 Å². The van der Waals surface area contributed by atoms with Crippen LogP contribution < -0.4 is 37.1 Å².